The Morgan fingerprint density at radius 2 is 0.496 bits per heavy atom. The molecule has 0 spiro atoms. The first-order valence-electron chi connectivity index (χ1n) is 43.7. The summed E-state index contributed by atoms with van der Waals surface area (Å²) in [6.07, 6.45) is 0. The molecule has 15 heteroatoms. The first-order valence-corrected chi connectivity index (χ1v) is 43.7. The zero-order chi connectivity index (χ0) is 94.0. The normalized spacial score (nSPS) is 10.5. The van der Waals surface area contributed by atoms with Crippen LogP contribution in [0.25, 0.3) is 153 Å². The van der Waals surface area contributed by atoms with E-state index in [2.05, 4.69) is 150 Å². The van der Waals surface area contributed by atoms with E-state index >= 15 is 0 Å². The Morgan fingerprint density at radius 1 is 0.244 bits per heavy atom. The van der Waals surface area contributed by atoms with Crippen molar-refractivity contribution in [3.63, 3.8) is 0 Å². The van der Waals surface area contributed by atoms with Crippen LogP contribution >= 0.6 is 0 Å². The summed E-state index contributed by atoms with van der Waals surface area (Å²) in [7, 11) is 0. The standard InChI is InChI=1S/3C26H12N4O.6C7H8/c1-28-17-8-12-21-22(13-17)30-25(29-21)19-11-10-18(15-5-3-2-4-6-15)23-16(14-27)7-9-20(24(19)23)26(30)31;27-13-15-6-11-22-21(12-15)29-25-19-10-9-18(16-4-2-1-3-5-16)23-17(14-28)7-8-20(24(19)23)26(31)30(22)25;27-13-15-6-11-22-21(12-15)29-25-19-8-7-17(14-28)23-18(16-4-2-1-3-5-16)9-10-20(24(19)23)26(31)30(22)25;6*1-7-5-3-2-4-6-7/h2-13H;2*1-12H;6*2-6H,1H3. The van der Waals surface area contributed by atoms with Crippen molar-refractivity contribution in [2.45, 2.75) is 41.5 Å². The van der Waals surface area contributed by atoms with Crippen LogP contribution in [0.3, 0.4) is 0 Å². The van der Waals surface area contributed by atoms with Crippen molar-refractivity contribution in [2.24, 2.45) is 0 Å². The Bertz CT molecular complexity index is 8270. The number of nitriles is 5. The van der Waals surface area contributed by atoms with Gasteiger partial charge in [-0.25, -0.2) is 19.8 Å². The predicted octanol–water partition coefficient (Wildman–Crippen LogP) is 27.7. The van der Waals surface area contributed by atoms with Gasteiger partial charge in [0.25, 0.3) is 16.7 Å². The molecule has 0 N–H and O–H groups in total. The SMILES string of the molecule is Cc1ccccc1.Cc1ccccc1.Cc1ccccc1.Cc1ccccc1.Cc1ccccc1.Cc1ccccc1.N#Cc1ccc2c(c1)nc1c3ccc(-c4ccccc4)c4c(C#N)ccc(c(=O)n21)c43.N#Cc1ccc2c(c1)nc1c3ccc(C#N)c4c(-c5ccccc5)ccc(c(=O)n21)c43.[C-]#[N+]c1ccc2nc3c4ccc(-c5ccccc5)c5c(C#N)ccc(c(=O)n3c2c1)c54. The number of hydrogen-bond donors (Lipinski definition) is 0. The monoisotopic (exact) mass is 1740 g/mol. The highest BCUT2D eigenvalue weighted by molar-refractivity contribution is 6.24. The number of hydrogen-bond acceptors (Lipinski definition) is 11. The summed E-state index contributed by atoms with van der Waals surface area (Å²) in [5.41, 5.74) is 21.4. The molecule has 0 radical (unpaired) electrons. The molecule has 0 amide bonds. The summed E-state index contributed by atoms with van der Waals surface area (Å²) < 4.78 is 4.78. The lowest BCUT2D eigenvalue weighted by Crippen LogP contribution is -2.13. The molecule has 15 nitrogen and oxygen atoms in total. The number of rotatable bonds is 3. The van der Waals surface area contributed by atoms with E-state index in [9.17, 15) is 40.7 Å². The Morgan fingerprint density at radius 3 is 0.756 bits per heavy atom. The van der Waals surface area contributed by atoms with E-state index in [1.54, 1.807) is 98.1 Å². The maximum Gasteiger partial charge on any atom is 0.264 e. The van der Waals surface area contributed by atoms with Gasteiger partial charge in [0.2, 0.25) is 0 Å². The number of nitrogens with zero attached hydrogens (tertiary/aromatic N) is 12. The van der Waals surface area contributed by atoms with Gasteiger partial charge in [0.05, 0.1) is 97.8 Å². The third-order valence-corrected chi connectivity index (χ3v) is 23.1. The number of fused-ring (bicyclic) bond motifs is 12. The highest BCUT2D eigenvalue weighted by Crippen LogP contribution is 2.42. The first-order chi connectivity index (χ1) is 66.0. The van der Waals surface area contributed by atoms with Gasteiger partial charge in [0.15, 0.2) is 5.69 Å². The van der Waals surface area contributed by atoms with Crippen LogP contribution in [-0.4, -0.2) is 28.2 Å². The lowest BCUT2D eigenvalue weighted by Gasteiger charge is -2.13. The molecule has 24 aromatic rings. The molecule has 0 unspecified atom stereocenters. The van der Waals surface area contributed by atoms with Crippen LogP contribution in [0.1, 0.15) is 61.2 Å². The second-order valence-electron chi connectivity index (χ2n) is 32.2. The average molecular weight is 1740 g/mol. The Balaban J connectivity index is 0.000000121. The Hall–Kier alpha value is -18.9. The lowest BCUT2D eigenvalue weighted by atomic mass is 9.91. The van der Waals surface area contributed by atoms with Gasteiger partial charge in [-0.2, -0.15) is 26.3 Å². The van der Waals surface area contributed by atoms with Crippen molar-refractivity contribution >= 4 is 120 Å². The van der Waals surface area contributed by atoms with Gasteiger partial charge in [-0.15, -0.1) is 0 Å². The van der Waals surface area contributed by atoms with Gasteiger partial charge in [-0.05, 0) is 178 Å². The largest absolute Gasteiger partial charge is 0.268 e. The van der Waals surface area contributed by atoms with Gasteiger partial charge in [0.1, 0.15) is 16.9 Å². The minimum Gasteiger partial charge on any atom is -0.268 e. The van der Waals surface area contributed by atoms with Crippen LogP contribution in [0, 0.1) is 105 Å². The van der Waals surface area contributed by atoms with E-state index in [4.69, 9.17) is 21.5 Å². The first kappa shape index (κ1) is 89.5. The summed E-state index contributed by atoms with van der Waals surface area (Å²) in [5, 5.41) is 56.5. The molecule has 0 saturated carbocycles. The van der Waals surface area contributed by atoms with Crippen LogP contribution < -0.4 is 16.7 Å². The van der Waals surface area contributed by atoms with Crippen LogP contribution in [-0.2, 0) is 0 Å². The van der Waals surface area contributed by atoms with E-state index in [1.807, 2.05) is 243 Å². The van der Waals surface area contributed by atoms with Crippen molar-refractivity contribution in [2.75, 3.05) is 0 Å². The molecule has 24 rings (SSSR count). The molecule has 0 aliphatic heterocycles. The molecule has 0 bridgehead atoms. The fourth-order valence-electron chi connectivity index (χ4n) is 16.6. The summed E-state index contributed by atoms with van der Waals surface area (Å²) >= 11 is 0. The van der Waals surface area contributed by atoms with E-state index < -0.39 is 0 Å². The van der Waals surface area contributed by atoms with E-state index in [1.165, 1.54) is 33.4 Å². The fourth-order valence-corrected chi connectivity index (χ4v) is 16.6. The van der Waals surface area contributed by atoms with Crippen LogP contribution in [0.5, 0.6) is 0 Å². The second-order valence-corrected chi connectivity index (χ2v) is 32.2. The molecular weight excluding hydrogens is 1660 g/mol. The second kappa shape index (κ2) is 41.0. The average Bonchev–Trinajstić information content (AvgIpc) is 1.63. The lowest BCUT2D eigenvalue weighted by molar-refractivity contribution is 1.19. The molecule has 0 fully saturated rings. The molecule has 0 aliphatic rings. The molecule has 642 valence electrons. The summed E-state index contributed by atoms with van der Waals surface area (Å²) in [5.74, 6) is 0. The molecule has 0 aliphatic carbocycles. The molecular formula is C120H84N12O3. The zero-order valence-corrected chi connectivity index (χ0v) is 74.7. The summed E-state index contributed by atoms with van der Waals surface area (Å²) in [6.45, 7) is 19.8. The van der Waals surface area contributed by atoms with Crippen LogP contribution in [0.4, 0.5) is 5.69 Å². The van der Waals surface area contributed by atoms with Crippen molar-refractivity contribution in [1.29, 1.82) is 26.3 Å². The highest BCUT2D eigenvalue weighted by Gasteiger charge is 2.25. The van der Waals surface area contributed by atoms with Crippen molar-refractivity contribution in [3.8, 4) is 63.7 Å². The molecule has 135 heavy (non-hydrogen) atoms. The van der Waals surface area contributed by atoms with E-state index in [0.29, 0.717) is 99.7 Å². The summed E-state index contributed by atoms with van der Waals surface area (Å²) in [6, 6.07) is 140. The zero-order valence-electron chi connectivity index (χ0n) is 74.7. The smallest absolute Gasteiger partial charge is 0.264 e. The van der Waals surface area contributed by atoms with Gasteiger partial charge in [0, 0.05) is 64.6 Å². The topological polar surface area (TPSA) is 226 Å². The van der Waals surface area contributed by atoms with Crippen LogP contribution in [0.15, 0.2) is 415 Å². The van der Waals surface area contributed by atoms with Crippen molar-refractivity contribution in [3.05, 3.63) is 504 Å². The minimum absolute atomic E-state index is 0.186. The van der Waals surface area contributed by atoms with Crippen LogP contribution in [0.2, 0.25) is 0 Å². The molecule has 6 aromatic heterocycles. The van der Waals surface area contributed by atoms with E-state index in [0.717, 1.165) is 81.9 Å². The maximum absolute atomic E-state index is 13.6. The minimum atomic E-state index is -0.202. The Labute approximate surface area is 779 Å². The number of imidazole rings is 3. The van der Waals surface area contributed by atoms with Gasteiger partial charge in [-0.1, -0.05) is 331 Å². The molecule has 6 heterocycles. The number of benzene rings is 18. The third kappa shape index (κ3) is 19.0. The third-order valence-electron chi connectivity index (χ3n) is 23.1. The maximum atomic E-state index is 13.6. The number of pyridine rings is 3. The van der Waals surface area contributed by atoms with Gasteiger partial charge >= 0.3 is 0 Å². The van der Waals surface area contributed by atoms with Crippen molar-refractivity contribution < 1.29 is 0 Å². The van der Waals surface area contributed by atoms with E-state index in [-0.39, 0.29) is 16.7 Å². The molecule has 18 aromatic carbocycles. The number of aromatic nitrogens is 6. The van der Waals surface area contributed by atoms with Gasteiger partial charge < -0.3 is 0 Å². The van der Waals surface area contributed by atoms with Gasteiger partial charge in [-0.3, -0.25) is 27.6 Å². The summed E-state index contributed by atoms with van der Waals surface area (Å²) in [4.78, 5) is 58.3. The molecule has 0 saturated heterocycles. The quantitative estimate of drug-likeness (QED) is 0.151. The Kier molecular flexibility index (Phi) is 27.2. The predicted molar refractivity (Wildman–Crippen MR) is 549 cm³/mol. The van der Waals surface area contributed by atoms with Crippen molar-refractivity contribution in [1.82, 2.24) is 28.2 Å². The fraction of sp³-hybridized carbons (Fsp3) is 0.0500. The number of aryl methyl sites for hydroxylation is 6. The highest BCUT2D eigenvalue weighted by atomic mass is 16.1. The molecule has 0 atom stereocenters.